The number of sulfonamides is 1. The molecule has 0 aliphatic rings. The molecule has 4 aromatic rings. The first-order chi connectivity index (χ1) is 14.6. The summed E-state index contributed by atoms with van der Waals surface area (Å²) in [5, 5.41) is 1.88. The van der Waals surface area contributed by atoms with Crippen LogP contribution in [0.5, 0.6) is 0 Å². The van der Waals surface area contributed by atoms with Crippen LogP contribution in [0.15, 0.2) is 46.8 Å². The summed E-state index contributed by atoms with van der Waals surface area (Å²) in [5.41, 5.74) is 1.74. The summed E-state index contributed by atoms with van der Waals surface area (Å²) in [7, 11) is -0.826. The van der Waals surface area contributed by atoms with Gasteiger partial charge in [-0.25, -0.2) is 8.42 Å². The molecule has 0 aliphatic carbocycles. The van der Waals surface area contributed by atoms with Crippen LogP contribution in [0.1, 0.15) is 15.9 Å². The molecule has 0 saturated carbocycles. The molecule has 31 heavy (non-hydrogen) atoms. The quantitative estimate of drug-likeness (QED) is 0.329. The molecule has 1 amide bonds. The number of hydrogen-bond acceptors (Lipinski definition) is 5. The minimum absolute atomic E-state index is 0.212. The maximum absolute atomic E-state index is 13.0. The van der Waals surface area contributed by atoms with Crippen LogP contribution in [0.25, 0.3) is 21.0 Å². The Morgan fingerprint density at radius 2 is 1.84 bits per heavy atom. The van der Waals surface area contributed by atoms with Crippen LogP contribution >= 0.6 is 22.9 Å². The molecule has 2 aromatic heterocycles. The number of rotatable bonds is 5. The van der Waals surface area contributed by atoms with Crippen LogP contribution in [0, 0.1) is 6.92 Å². The largest absolute Gasteiger partial charge is 0.360 e. The predicted octanol–water partition coefficient (Wildman–Crippen LogP) is 4.42. The number of ketones is 1. The summed E-state index contributed by atoms with van der Waals surface area (Å²) in [4.78, 5) is 28.5. The van der Waals surface area contributed by atoms with Crippen molar-refractivity contribution in [3.8, 4) is 0 Å². The molecule has 0 unspecified atom stereocenters. The maximum Gasteiger partial charge on any atom is 0.294 e. The average molecular weight is 476 g/mol. The Bertz CT molecular complexity index is 1470. The standard InChI is InChI=1S/C21H18ClN3O4S2/c1-11-15-8-12(22)4-7-18(15)30-21(11)31(28,29)24-13-5-6-14-16(10-23-17(14)9-13)19(26)20(27)25(2)3/h4-10,23-24H,1-3H3. The molecular formula is C21H18ClN3O4S2. The summed E-state index contributed by atoms with van der Waals surface area (Å²) < 4.78 is 29.7. The molecule has 0 fully saturated rings. The predicted molar refractivity (Wildman–Crippen MR) is 124 cm³/mol. The van der Waals surface area contributed by atoms with Gasteiger partial charge in [-0.15, -0.1) is 11.3 Å². The number of carbonyl (C=O) groups is 2. The molecule has 0 radical (unpaired) electrons. The first-order valence-corrected chi connectivity index (χ1v) is 11.8. The summed E-state index contributed by atoms with van der Waals surface area (Å²) in [5.74, 6) is -1.27. The molecule has 0 atom stereocenters. The number of nitrogens with zero attached hydrogens (tertiary/aromatic N) is 1. The third kappa shape index (κ3) is 3.80. The average Bonchev–Trinajstić information content (AvgIpc) is 3.28. The second kappa shape index (κ2) is 7.67. The van der Waals surface area contributed by atoms with Crippen molar-refractivity contribution < 1.29 is 18.0 Å². The van der Waals surface area contributed by atoms with Crippen LogP contribution in [-0.2, 0) is 14.8 Å². The zero-order valence-corrected chi connectivity index (χ0v) is 19.2. The zero-order chi connectivity index (χ0) is 22.5. The van der Waals surface area contributed by atoms with E-state index in [4.69, 9.17) is 11.6 Å². The van der Waals surface area contributed by atoms with Gasteiger partial charge in [0, 0.05) is 40.9 Å². The van der Waals surface area contributed by atoms with Crippen molar-refractivity contribution >= 4 is 71.3 Å². The van der Waals surface area contributed by atoms with Crippen molar-refractivity contribution in [2.45, 2.75) is 11.1 Å². The van der Waals surface area contributed by atoms with Crippen LogP contribution in [0.2, 0.25) is 5.02 Å². The van der Waals surface area contributed by atoms with Gasteiger partial charge in [0.1, 0.15) is 4.21 Å². The van der Waals surface area contributed by atoms with E-state index in [2.05, 4.69) is 9.71 Å². The van der Waals surface area contributed by atoms with Gasteiger partial charge in [0.05, 0.1) is 11.3 Å². The first-order valence-electron chi connectivity index (χ1n) is 9.17. The van der Waals surface area contributed by atoms with E-state index in [-0.39, 0.29) is 9.77 Å². The Hall–Kier alpha value is -2.88. The van der Waals surface area contributed by atoms with Gasteiger partial charge in [-0.05, 0) is 48.2 Å². The second-order valence-electron chi connectivity index (χ2n) is 7.25. The van der Waals surface area contributed by atoms with Crippen molar-refractivity contribution in [2.75, 3.05) is 18.8 Å². The fourth-order valence-corrected chi connectivity index (χ4v) is 6.29. The van der Waals surface area contributed by atoms with Gasteiger partial charge in [0.15, 0.2) is 0 Å². The van der Waals surface area contributed by atoms with E-state index in [9.17, 15) is 18.0 Å². The van der Waals surface area contributed by atoms with Gasteiger partial charge >= 0.3 is 0 Å². The minimum atomic E-state index is -3.84. The zero-order valence-electron chi connectivity index (χ0n) is 16.8. The number of nitrogens with one attached hydrogen (secondary N) is 2. The molecular weight excluding hydrogens is 458 g/mol. The molecule has 10 heteroatoms. The molecule has 2 aromatic carbocycles. The molecule has 0 bridgehead atoms. The second-order valence-corrected chi connectivity index (χ2v) is 10.6. The lowest BCUT2D eigenvalue weighted by atomic mass is 10.1. The third-order valence-corrected chi connectivity index (χ3v) is 8.39. The first kappa shape index (κ1) is 21.4. The highest BCUT2D eigenvalue weighted by Gasteiger charge is 2.24. The lowest BCUT2D eigenvalue weighted by Crippen LogP contribution is -2.29. The van der Waals surface area contributed by atoms with Crippen LogP contribution in [0.4, 0.5) is 5.69 Å². The summed E-state index contributed by atoms with van der Waals surface area (Å²) in [6, 6.07) is 10.0. The monoisotopic (exact) mass is 475 g/mol. The van der Waals surface area contributed by atoms with E-state index in [0.717, 1.165) is 10.1 Å². The molecule has 0 spiro atoms. The molecule has 0 saturated heterocycles. The van der Waals surface area contributed by atoms with Crippen molar-refractivity contribution in [2.24, 2.45) is 0 Å². The molecule has 7 nitrogen and oxygen atoms in total. The highest BCUT2D eigenvalue weighted by atomic mass is 35.5. The molecule has 4 rings (SSSR count). The van der Waals surface area contributed by atoms with Crippen molar-refractivity contribution in [3.63, 3.8) is 0 Å². The number of aromatic nitrogens is 1. The number of amides is 1. The fourth-order valence-electron chi connectivity index (χ4n) is 3.32. The van der Waals surface area contributed by atoms with E-state index in [1.54, 1.807) is 43.3 Å². The number of aromatic amines is 1. The van der Waals surface area contributed by atoms with Crippen molar-refractivity contribution in [3.05, 3.63) is 58.7 Å². The Kier molecular flexibility index (Phi) is 5.28. The molecule has 2 heterocycles. The Labute approximate surface area is 187 Å². The number of hydrogen-bond donors (Lipinski definition) is 2. The van der Waals surface area contributed by atoms with Gasteiger partial charge in [0.2, 0.25) is 0 Å². The topological polar surface area (TPSA) is 99.3 Å². The smallest absolute Gasteiger partial charge is 0.294 e. The Morgan fingerprint density at radius 1 is 1.10 bits per heavy atom. The van der Waals surface area contributed by atoms with E-state index in [1.807, 2.05) is 0 Å². The molecule has 160 valence electrons. The Morgan fingerprint density at radius 3 is 2.55 bits per heavy atom. The van der Waals surface area contributed by atoms with Gasteiger partial charge in [0.25, 0.3) is 21.7 Å². The number of thiophene rings is 1. The lowest BCUT2D eigenvalue weighted by molar-refractivity contribution is -0.124. The Balaban J connectivity index is 1.68. The van der Waals surface area contributed by atoms with E-state index >= 15 is 0 Å². The molecule has 0 aliphatic heterocycles. The van der Waals surface area contributed by atoms with Gasteiger partial charge < -0.3 is 9.88 Å². The highest BCUT2D eigenvalue weighted by Crippen LogP contribution is 2.36. The van der Waals surface area contributed by atoms with Crippen LogP contribution in [-0.4, -0.2) is 44.1 Å². The van der Waals surface area contributed by atoms with Gasteiger partial charge in [-0.1, -0.05) is 17.7 Å². The number of benzene rings is 2. The van der Waals surface area contributed by atoms with E-state index in [1.165, 1.54) is 36.5 Å². The number of carbonyl (C=O) groups excluding carboxylic acids is 2. The summed E-state index contributed by atoms with van der Waals surface area (Å²) in [6.07, 6.45) is 1.45. The van der Waals surface area contributed by atoms with Crippen LogP contribution in [0.3, 0.4) is 0 Å². The lowest BCUT2D eigenvalue weighted by Gasteiger charge is -2.09. The highest BCUT2D eigenvalue weighted by molar-refractivity contribution is 7.94. The van der Waals surface area contributed by atoms with Crippen molar-refractivity contribution in [1.29, 1.82) is 0 Å². The van der Waals surface area contributed by atoms with Crippen LogP contribution < -0.4 is 4.72 Å². The maximum atomic E-state index is 13.0. The molecule has 2 N–H and O–H groups in total. The number of anilines is 1. The number of Topliss-reactive ketones (excluding diaryl/α,β-unsaturated/α-hetero) is 1. The fraction of sp³-hybridized carbons (Fsp3) is 0.143. The van der Waals surface area contributed by atoms with Gasteiger partial charge in [-0.2, -0.15) is 0 Å². The normalized spacial score (nSPS) is 11.7. The van der Waals surface area contributed by atoms with E-state index in [0.29, 0.717) is 27.2 Å². The van der Waals surface area contributed by atoms with E-state index < -0.39 is 21.7 Å². The third-order valence-electron chi connectivity index (χ3n) is 4.88. The number of fused-ring (bicyclic) bond motifs is 2. The van der Waals surface area contributed by atoms with Crippen molar-refractivity contribution in [1.82, 2.24) is 9.88 Å². The number of aryl methyl sites for hydroxylation is 1. The number of H-pyrrole nitrogens is 1. The van der Waals surface area contributed by atoms with Gasteiger partial charge in [-0.3, -0.25) is 14.3 Å². The number of halogens is 1. The summed E-state index contributed by atoms with van der Waals surface area (Å²) >= 11 is 7.22. The summed E-state index contributed by atoms with van der Waals surface area (Å²) in [6.45, 7) is 1.75. The number of likely N-dealkylation sites (N-methyl/N-ethyl adjacent to an activating group) is 1. The minimum Gasteiger partial charge on any atom is -0.360 e. The SMILES string of the molecule is Cc1c(S(=O)(=O)Nc2ccc3c(C(=O)C(=O)N(C)C)c[nH]c3c2)sc2ccc(Cl)cc12.